The van der Waals surface area contributed by atoms with Crippen LogP contribution in [0.5, 0.6) is 0 Å². The quantitative estimate of drug-likeness (QED) is 0.0250. The van der Waals surface area contributed by atoms with Gasteiger partial charge in [0.2, 0.25) is 0 Å². The van der Waals surface area contributed by atoms with Gasteiger partial charge in [-0.2, -0.15) is 20.4 Å². The van der Waals surface area contributed by atoms with Crippen LogP contribution in [-0.4, -0.2) is 145 Å². The van der Waals surface area contributed by atoms with Crippen molar-refractivity contribution in [2.45, 2.75) is 122 Å². The molecule has 8 heterocycles. The molecule has 4 unspecified atom stereocenters. The number of halogens is 11. The van der Waals surface area contributed by atoms with E-state index in [1.165, 1.54) is 74.7 Å². The second-order valence-electron chi connectivity index (χ2n) is 33.0. The van der Waals surface area contributed by atoms with E-state index in [4.69, 9.17) is 60.1 Å². The highest BCUT2D eigenvalue weighted by molar-refractivity contribution is 6.06. The van der Waals surface area contributed by atoms with Crippen molar-refractivity contribution in [3.63, 3.8) is 0 Å². The van der Waals surface area contributed by atoms with Crippen molar-refractivity contribution >= 4 is 70.5 Å². The number of hydrogen-bond acceptors (Lipinski definition) is 20. The van der Waals surface area contributed by atoms with Crippen LogP contribution in [0.1, 0.15) is 190 Å². The van der Waals surface area contributed by atoms with E-state index in [9.17, 15) is 77.9 Å². The lowest BCUT2D eigenvalue weighted by Crippen LogP contribution is -2.31. The lowest BCUT2D eigenvalue weighted by atomic mass is 10.0. The van der Waals surface area contributed by atoms with Crippen molar-refractivity contribution in [3.8, 4) is 45.0 Å². The molecule has 4 aromatic heterocycles. The van der Waals surface area contributed by atoms with Gasteiger partial charge in [0.25, 0.3) is 53.2 Å². The zero-order valence-electron chi connectivity index (χ0n) is 74.7. The Kier molecular flexibility index (Phi) is 31.3. The molecule has 0 aliphatic carbocycles. The predicted molar refractivity (Wildman–Crippen MR) is 486 cm³/mol. The van der Waals surface area contributed by atoms with Gasteiger partial charge in [-0.15, -0.1) is 0 Å². The number of amides is 8. The van der Waals surface area contributed by atoms with Crippen molar-refractivity contribution in [1.82, 2.24) is 65.7 Å². The molecule has 4 atom stereocenters. The van der Waals surface area contributed by atoms with Gasteiger partial charge in [0.15, 0.2) is 23.3 Å². The Morgan fingerprint density at radius 1 is 0.391 bits per heavy atom. The molecule has 0 bridgehead atoms. The Hall–Kier alpha value is -15.4. The van der Waals surface area contributed by atoms with Crippen LogP contribution in [0.3, 0.4) is 0 Å². The Bertz CT molecular complexity index is 6680. The predicted octanol–water partition coefficient (Wildman–Crippen LogP) is 12.0. The molecular formula is C95H96F11N21O11. The van der Waals surface area contributed by atoms with Crippen LogP contribution >= 0.6 is 0 Å². The third kappa shape index (κ3) is 21.9. The van der Waals surface area contributed by atoms with Crippen LogP contribution in [0, 0.1) is 80.0 Å². The summed E-state index contributed by atoms with van der Waals surface area (Å²) in [6, 6.07) is 30.3. The molecule has 0 radical (unpaired) electrons. The first-order valence-corrected chi connectivity index (χ1v) is 43.3. The fourth-order valence-corrected chi connectivity index (χ4v) is 16.2. The number of nitrogens with one attached hydrogen (secondary N) is 5. The number of ether oxygens (including phenoxy) is 3. The molecule has 4 fully saturated rings. The Balaban J connectivity index is 0.000000155. The fraction of sp³-hybridized carbons (Fsp3) is 0.284. The largest absolute Gasteiger partial charge is 0.383 e. The first-order chi connectivity index (χ1) is 65.7. The highest BCUT2D eigenvalue weighted by Crippen LogP contribution is 2.41. The highest BCUT2D eigenvalue weighted by atomic mass is 19.3. The molecule has 43 heteroatoms. The van der Waals surface area contributed by atoms with Crippen LogP contribution in [0.2, 0.25) is 0 Å². The average molecular weight is 1920 g/mol. The number of carbonyl (C=O) groups is 8. The number of anilines is 4. The average Bonchev–Trinajstić information content (AvgIpc) is 1.63. The van der Waals surface area contributed by atoms with Gasteiger partial charge in [0.1, 0.15) is 103 Å². The molecule has 8 aromatic carbocycles. The summed E-state index contributed by atoms with van der Waals surface area (Å²) in [6.45, 7) is 7.77. The SMILES string of the molecule is Cc1ccc(F)cc1C(=O)NCc1c(F)cc(-c2nn(C3CCCOC3)c(N)c2C(N)=O)cc1F.Cc1ccc(F)cc1C(=O)NCc1ccc(-c2nn(C3CCCOC3)c(N)c2C(N)=O)c(F)c1F.Cc1ccccc1C(=O)NCc1ccc(-c2nn(C3CCCOC3)c(N)c2C(N)=O)c(F)c1F.Cc1ccccc1C(=O)NCc1ccc(-c2nn(C3CNCC3(F)F)c(N)c2C(N)=O)cc1F. The Morgan fingerprint density at radius 2 is 0.732 bits per heavy atom. The number of nitrogens with two attached hydrogens (primary N) is 8. The van der Waals surface area contributed by atoms with E-state index < -0.39 is 124 Å². The number of carbonyl (C=O) groups excluding carboxylic acids is 8. The van der Waals surface area contributed by atoms with Gasteiger partial charge in [-0.25, -0.2) is 67.0 Å². The van der Waals surface area contributed by atoms with Gasteiger partial charge in [-0.3, -0.25) is 38.4 Å². The van der Waals surface area contributed by atoms with Gasteiger partial charge in [-0.1, -0.05) is 72.8 Å². The topological polar surface area (TPSA) is 504 Å². The van der Waals surface area contributed by atoms with Crippen molar-refractivity contribution in [1.29, 1.82) is 0 Å². The molecule has 138 heavy (non-hydrogen) atoms. The zero-order chi connectivity index (χ0) is 99.6. The van der Waals surface area contributed by atoms with Gasteiger partial charge in [0, 0.05) is 119 Å². The third-order valence-corrected chi connectivity index (χ3v) is 23.7. The molecule has 21 N–H and O–H groups in total. The summed E-state index contributed by atoms with van der Waals surface area (Å²) in [4.78, 5) is 98.0. The fourth-order valence-electron chi connectivity index (χ4n) is 16.2. The summed E-state index contributed by atoms with van der Waals surface area (Å²) in [5, 5.41) is 29.7. The summed E-state index contributed by atoms with van der Waals surface area (Å²) in [6.07, 6.45) is 4.39. The first-order valence-electron chi connectivity index (χ1n) is 43.3. The monoisotopic (exact) mass is 1920 g/mol. The molecule has 12 aromatic rings. The highest BCUT2D eigenvalue weighted by Gasteiger charge is 2.48. The summed E-state index contributed by atoms with van der Waals surface area (Å²) < 4.78 is 182. The van der Waals surface area contributed by atoms with E-state index in [0.717, 1.165) is 65.4 Å². The number of benzene rings is 8. The van der Waals surface area contributed by atoms with E-state index in [0.29, 0.717) is 81.2 Å². The minimum atomic E-state index is -3.14. The molecular weight excluding hydrogens is 1820 g/mol. The number of alkyl halides is 2. The summed E-state index contributed by atoms with van der Waals surface area (Å²) in [5.74, 6) is -18.0. The summed E-state index contributed by atoms with van der Waals surface area (Å²) in [5.41, 5.74) is 47.7. The standard InChI is InChI=1S/2C24H24F3N5O3.C24H25F2N5O3.C23H23F3N6O2/c1-12-4-6-14(25)9-17(12)24(34)30-10-13-5-7-16(20(27)19(13)26)21-18(23(29)33)22(28)32(31-21)15-3-2-8-35-11-15;1-12-4-5-14(25)9-16(12)24(34)30-10-17-18(26)7-13(8-19(17)27)21-20(23(29)33)22(28)32(31-21)15-3-2-6-35-11-15;1-13-5-2-3-7-16(13)24(33)29-11-14-8-9-17(20(26)19(14)25)21-18(23(28)32)22(27)31(30-21)15-6-4-10-34-12-15;1-12-4-2-3-5-15(12)22(34)30-9-14-7-6-13(8-16(14)24)19-18(21(28)33)20(27)32(31-19)17-10-29-11-23(17,25)26/h4-7,9,15H,2-3,8,10-11,28H2,1H3,(H2,29,33)(H,30,34);4-5,7-9,15H,2-3,6,10-11,28H2,1H3,(H2,29,33)(H,30,34);2-3,5,7-9,15H,4,6,10-12,27H2,1H3,(H2,28,32)(H,29,33);2-8,17,29H,9-11,27H2,1H3,(H2,28,33)(H,30,34). The van der Waals surface area contributed by atoms with Crippen LogP contribution in [-0.2, 0) is 40.4 Å². The third-order valence-electron chi connectivity index (χ3n) is 23.7. The lowest BCUT2D eigenvalue weighted by Gasteiger charge is -2.23. The second kappa shape index (κ2) is 43.1. The van der Waals surface area contributed by atoms with Crippen molar-refractivity contribution in [2.75, 3.05) is 75.7 Å². The number of nitrogen functional groups attached to an aromatic ring is 4. The number of aromatic nitrogens is 8. The van der Waals surface area contributed by atoms with Gasteiger partial charge < -0.3 is 86.7 Å². The molecule has 8 amide bonds. The van der Waals surface area contributed by atoms with E-state index in [-0.39, 0.29) is 169 Å². The van der Waals surface area contributed by atoms with Gasteiger partial charge in [-0.05, 0) is 155 Å². The van der Waals surface area contributed by atoms with Crippen LogP contribution < -0.4 is 72.5 Å². The smallest absolute Gasteiger partial charge is 0.283 e. The van der Waals surface area contributed by atoms with Crippen molar-refractivity contribution in [2.24, 2.45) is 22.9 Å². The Morgan fingerprint density at radius 3 is 1.11 bits per heavy atom. The van der Waals surface area contributed by atoms with E-state index in [1.807, 2.05) is 6.07 Å². The molecule has 4 saturated heterocycles. The second-order valence-corrected chi connectivity index (χ2v) is 33.0. The first kappa shape index (κ1) is 100. The summed E-state index contributed by atoms with van der Waals surface area (Å²) in [7, 11) is 0. The van der Waals surface area contributed by atoms with Gasteiger partial charge in [0.05, 0.1) is 44.5 Å². The minimum Gasteiger partial charge on any atom is -0.383 e. The van der Waals surface area contributed by atoms with Gasteiger partial charge >= 0.3 is 0 Å². The van der Waals surface area contributed by atoms with Crippen LogP contribution in [0.25, 0.3) is 45.0 Å². The molecule has 724 valence electrons. The summed E-state index contributed by atoms with van der Waals surface area (Å²) >= 11 is 0. The van der Waals surface area contributed by atoms with Crippen molar-refractivity contribution in [3.05, 3.63) is 281 Å². The molecule has 16 rings (SSSR count). The molecule has 4 aliphatic heterocycles. The molecule has 4 aliphatic rings. The molecule has 0 saturated carbocycles. The maximum absolute atomic E-state index is 15.1. The number of nitrogens with zero attached hydrogens (tertiary/aromatic N) is 8. The number of hydrogen-bond donors (Lipinski definition) is 13. The lowest BCUT2D eigenvalue weighted by molar-refractivity contribution is -0.0188. The van der Waals surface area contributed by atoms with Crippen LogP contribution in [0.15, 0.2) is 140 Å². The molecule has 0 spiro atoms. The van der Waals surface area contributed by atoms with Crippen molar-refractivity contribution < 1.29 is 101 Å². The Labute approximate surface area is 780 Å². The number of rotatable bonds is 24. The van der Waals surface area contributed by atoms with Crippen LogP contribution in [0.4, 0.5) is 71.6 Å². The molecule has 32 nitrogen and oxygen atoms in total. The zero-order valence-corrected chi connectivity index (χ0v) is 74.7. The number of aryl methyl sites for hydroxylation is 4. The van der Waals surface area contributed by atoms with E-state index >= 15 is 8.78 Å². The number of primary amides is 4. The minimum absolute atomic E-state index is 0.00869. The maximum Gasteiger partial charge on any atom is 0.283 e. The maximum atomic E-state index is 15.1. The van der Waals surface area contributed by atoms with E-state index in [1.54, 1.807) is 70.2 Å². The normalized spacial score (nSPS) is 16.1. The van der Waals surface area contributed by atoms with E-state index in [2.05, 4.69) is 47.0 Å².